The van der Waals surface area contributed by atoms with Crippen molar-refractivity contribution in [2.24, 2.45) is 0 Å². The van der Waals surface area contributed by atoms with Gasteiger partial charge in [0.2, 0.25) is 11.8 Å². The minimum absolute atomic E-state index is 0.00296. The third kappa shape index (κ3) is 6.43. The normalized spacial score (nSPS) is 15.3. The van der Waals surface area contributed by atoms with Crippen molar-refractivity contribution in [3.05, 3.63) is 70.8 Å². The highest BCUT2D eigenvalue weighted by atomic mass is 16.2. The number of amides is 2. The zero-order valence-electron chi connectivity index (χ0n) is 19.2. The van der Waals surface area contributed by atoms with E-state index in [1.807, 2.05) is 51.1 Å². The van der Waals surface area contributed by atoms with Crippen LogP contribution in [0.2, 0.25) is 0 Å². The molecule has 2 aromatic rings. The summed E-state index contributed by atoms with van der Waals surface area (Å²) in [5, 5.41) is 3.24. The Balaban J connectivity index is 1.81. The maximum Gasteiger partial charge on any atom is 0.243 e. The topological polar surface area (TPSA) is 49.4 Å². The van der Waals surface area contributed by atoms with Gasteiger partial charge in [-0.2, -0.15) is 0 Å². The van der Waals surface area contributed by atoms with Gasteiger partial charge in [-0.1, -0.05) is 80.3 Å². The maximum atomic E-state index is 13.5. The molecule has 166 valence electrons. The molecule has 0 bridgehead atoms. The summed E-state index contributed by atoms with van der Waals surface area (Å²) in [6.07, 6.45) is 6.58. The zero-order valence-corrected chi connectivity index (χ0v) is 19.2. The van der Waals surface area contributed by atoms with Gasteiger partial charge in [0.15, 0.2) is 0 Å². The summed E-state index contributed by atoms with van der Waals surface area (Å²) in [7, 11) is 0. The van der Waals surface area contributed by atoms with Crippen molar-refractivity contribution in [2.45, 2.75) is 84.3 Å². The van der Waals surface area contributed by atoms with Gasteiger partial charge >= 0.3 is 0 Å². The highest BCUT2D eigenvalue weighted by Crippen LogP contribution is 2.20. The largest absolute Gasteiger partial charge is 0.352 e. The van der Waals surface area contributed by atoms with E-state index in [-0.39, 0.29) is 17.9 Å². The summed E-state index contributed by atoms with van der Waals surface area (Å²) in [5.41, 5.74) is 4.33. The predicted molar refractivity (Wildman–Crippen MR) is 126 cm³/mol. The molecule has 4 nitrogen and oxygen atoms in total. The molecule has 1 aliphatic carbocycles. The molecule has 0 radical (unpaired) electrons. The third-order valence-electron chi connectivity index (χ3n) is 6.38. The molecule has 1 atom stereocenters. The average Bonchev–Trinajstić information content (AvgIpc) is 2.77. The first kappa shape index (κ1) is 23.1. The van der Waals surface area contributed by atoms with Gasteiger partial charge in [-0.25, -0.2) is 0 Å². The van der Waals surface area contributed by atoms with Crippen molar-refractivity contribution >= 4 is 11.8 Å². The number of rotatable bonds is 8. The number of hydrogen-bond donors (Lipinski definition) is 1. The van der Waals surface area contributed by atoms with Crippen LogP contribution < -0.4 is 5.32 Å². The lowest BCUT2D eigenvalue weighted by atomic mass is 9.95. The van der Waals surface area contributed by atoms with Crippen molar-refractivity contribution in [3.8, 4) is 0 Å². The molecule has 3 rings (SSSR count). The Kier molecular flexibility index (Phi) is 8.27. The molecule has 0 saturated heterocycles. The first-order valence-corrected chi connectivity index (χ1v) is 11.7. The molecule has 31 heavy (non-hydrogen) atoms. The molecule has 1 saturated carbocycles. The molecule has 2 aromatic carbocycles. The Morgan fingerprint density at radius 1 is 1.03 bits per heavy atom. The molecular formula is C27H36N2O2. The molecule has 0 heterocycles. The SMILES string of the molecule is CCC(C(=O)NC1CCCCC1)N(Cc1ccccc1)C(=O)Cc1cc(C)ccc1C. The van der Waals surface area contributed by atoms with Gasteiger partial charge < -0.3 is 10.2 Å². The van der Waals surface area contributed by atoms with Gasteiger partial charge in [0.05, 0.1) is 6.42 Å². The summed E-state index contributed by atoms with van der Waals surface area (Å²) in [6, 6.07) is 16.0. The van der Waals surface area contributed by atoms with Crippen molar-refractivity contribution in [1.29, 1.82) is 0 Å². The molecule has 2 amide bonds. The summed E-state index contributed by atoms with van der Waals surface area (Å²) in [4.78, 5) is 28.6. The van der Waals surface area contributed by atoms with Gasteiger partial charge in [0.25, 0.3) is 0 Å². The zero-order chi connectivity index (χ0) is 22.2. The fourth-order valence-electron chi connectivity index (χ4n) is 4.50. The summed E-state index contributed by atoms with van der Waals surface area (Å²) in [6.45, 7) is 6.52. The molecule has 0 spiro atoms. The molecule has 1 N–H and O–H groups in total. The van der Waals surface area contributed by atoms with Crippen LogP contribution in [0.5, 0.6) is 0 Å². The highest BCUT2D eigenvalue weighted by molar-refractivity contribution is 5.88. The third-order valence-corrected chi connectivity index (χ3v) is 6.38. The van der Waals surface area contributed by atoms with Crippen molar-refractivity contribution in [2.75, 3.05) is 0 Å². The van der Waals surface area contributed by atoms with E-state index in [2.05, 4.69) is 23.5 Å². The number of nitrogens with one attached hydrogen (secondary N) is 1. The van der Waals surface area contributed by atoms with Crippen LogP contribution in [0, 0.1) is 13.8 Å². The van der Waals surface area contributed by atoms with Crippen LogP contribution in [0.3, 0.4) is 0 Å². The van der Waals surface area contributed by atoms with E-state index in [9.17, 15) is 9.59 Å². The van der Waals surface area contributed by atoms with E-state index >= 15 is 0 Å². The maximum absolute atomic E-state index is 13.5. The second kappa shape index (κ2) is 11.1. The number of carbonyl (C=O) groups is 2. The fraction of sp³-hybridized carbons (Fsp3) is 0.481. The van der Waals surface area contributed by atoms with E-state index in [0.29, 0.717) is 19.4 Å². The lowest BCUT2D eigenvalue weighted by Gasteiger charge is -2.33. The second-order valence-corrected chi connectivity index (χ2v) is 8.88. The van der Waals surface area contributed by atoms with Crippen molar-refractivity contribution in [1.82, 2.24) is 10.2 Å². The van der Waals surface area contributed by atoms with Gasteiger partial charge in [-0.05, 0) is 49.8 Å². The first-order chi connectivity index (χ1) is 15.0. The molecule has 4 heteroatoms. The Labute approximate surface area is 187 Å². The summed E-state index contributed by atoms with van der Waals surface area (Å²) >= 11 is 0. The average molecular weight is 421 g/mol. The number of benzene rings is 2. The van der Waals surface area contributed by atoms with Crippen LogP contribution in [-0.2, 0) is 22.6 Å². The number of carbonyl (C=O) groups excluding carboxylic acids is 2. The minimum atomic E-state index is -0.459. The fourth-order valence-corrected chi connectivity index (χ4v) is 4.50. The van der Waals surface area contributed by atoms with Crippen molar-refractivity contribution < 1.29 is 9.59 Å². The van der Waals surface area contributed by atoms with Crippen LogP contribution in [-0.4, -0.2) is 28.8 Å². The summed E-state index contributed by atoms with van der Waals surface area (Å²) < 4.78 is 0. The number of nitrogens with zero attached hydrogens (tertiary/aromatic N) is 1. The lowest BCUT2D eigenvalue weighted by molar-refractivity contribution is -0.141. The second-order valence-electron chi connectivity index (χ2n) is 8.88. The molecule has 0 aliphatic heterocycles. The molecule has 0 aromatic heterocycles. The molecule has 1 fully saturated rings. The van der Waals surface area contributed by atoms with E-state index in [0.717, 1.165) is 35.1 Å². The smallest absolute Gasteiger partial charge is 0.243 e. The quantitative estimate of drug-likeness (QED) is 0.646. The van der Waals surface area contributed by atoms with Crippen LogP contribution in [0.1, 0.15) is 67.7 Å². The molecule has 1 unspecified atom stereocenters. The Morgan fingerprint density at radius 3 is 2.42 bits per heavy atom. The lowest BCUT2D eigenvalue weighted by Crippen LogP contribution is -2.52. The van der Waals surface area contributed by atoms with Gasteiger partial charge in [-0.15, -0.1) is 0 Å². The number of hydrogen-bond acceptors (Lipinski definition) is 2. The van der Waals surface area contributed by atoms with Gasteiger partial charge in [-0.3, -0.25) is 9.59 Å². The van der Waals surface area contributed by atoms with Gasteiger partial charge in [0.1, 0.15) is 6.04 Å². The summed E-state index contributed by atoms with van der Waals surface area (Å²) in [5.74, 6) is -0.0113. The Morgan fingerprint density at radius 2 is 1.74 bits per heavy atom. The molecular weight excluding hydrogens is 384 g/mol. The van der Waals surface area contributed by atoms with E-state index in [1.165, 1.54) is 19.3 Å². The standard InChI is InChI=1S/C27H36N2O2/c1-4-25(27(31)28-24-13-9-6-10-14-24)29(19-22-11-7-5-8-12-22)26(30)18-23-17-20(2)15-16-21(23)3/h5,7-8,11-12,15-17,24-25H,4,6,9-10,13-14,18-19H2,1-3H3,(H,28,31). The first-order valence-electron chi connectivity index (χ1n) is 11.7. The Hall–Kier alpha value is -2.62. The van der Waals surface area contributed by atoms with E-state index in [1.54, 1.807) is 4.90 Å². The molecule has 1 aliphatic rings. The Bertz CT molecular complexity index is 872. The van der Waals surface area contributed by atoms with E-state index in [4.69, 9.17) is 0 Å². The highest BCUT2D eigenvalue weighted by Gasteiger charge is 2.30. The predicted octanol–water partition coefficient (Wildman–Crippen LogP) is 5.10. The monoisotopic (exact) mass is 420 g/mol. The van der Waals surface area contributed by atoms with Crippen LogP contribution in [0.4, 0.5) is 0 Å². The van der Waals surface area contributed by atoms with Crippen molar-refractivity contribution in [3.63, 3.8) is 0 Å². The van der Waals surface area contributed by atoms with Crippen LogP contribution >= 0.6 is 0 Å². The van der Waals surface area contributed by atoms with Gasteiger partial charge in [0, 0.05) is 12.6 Å². The number of aryl methyl sites for hydroxylation is 2. The van der Waals surface area contributed by atoms with E-state index < -0.39 is 6.04 Å². The van der Waals surface area contributed by atoms with Crippen LogP contribution in [0.15, 0.2) is 48.5 Å². The van der Waals surface area contributed by atoms with Crippen LogP contribution in [0.25, 0.3) is 0 Å². The minimum Gasteiger partial charge on any atom is -0.352 e.